The summed E-state index contributed by atoms with van der Waals surface area (Å²) >= 11 is 0. The lowest BCUT2D eigenvalue weighted by Gasteiger charge is -2.33. The van der Waals surface area contributed by atoms with Crippen molar-refractivity contribution in [2.24, 2.45) is 5.73 Å². The number of carbonyl (C=O) groups excluding carboxylic acids is 1. The number of piperidine rings is 1. The number of nitrogens with two attached hydrogens (primary N) is 1. The van der Waals surface area contributed by atoms with E-state index < -0.39 is 5.54 Å². The molecule has 1 unspecified atom stereocenters. The van der Waals surface area contributed by atoms with E-state index in [-0.39, 0.29) is 11.9 Å². The number of anilines is 1. The number of nitrogens with one attached hydrogen (secondary N) is 1. The zero-order valence-electron chi connectivity index (χ0n) is 12.2. The fourth-order valence-corrected chi connectivity index (χ4v) is 2.42. The van der Waals surface area contributed by atoms with Crippen LogP contribution in [0.1, 0.15) is 33.1 Å². The molecule has 20 heavy (non-hydrogen) atoms. The molecular weight excluding hydrogens is 254 g/mol. The predicted molar refractivity (Wildman–Crippen MR) is 78.3 cm³/mol. The van der Waals surface area contributed by atoms with Gasteiger partial charge in [0.1, 0.15) is 0 Å². The van der Waals surface area contributed by atoms with Gasteiger partial charge in [0.15, 0.2) is 0 Å². The SMILES string of the molecule is CC(C)(N)CC(=O)NC1CCCN(c2ncccn2)C1. The molecule has 0 aliphatic carbocycles. The fraction of sp³-hybridized carbons (Fsp3) is 0.643. The van der Waals surface area contributed by atoms with Crippen LogP contribution in [-0.4, -0.2) is 40.5 Å². The molecule has 1 saturated heterocycles. The van der Waals surface area contributed by atoms with Crippen LogP contribution in [0.3, 0.4) is 0 Å². The summed E-state index contributed by atoms with van der Waals surface area (Å²) in [6, 6.07) is 1.94. The molecule has 0 saturated carbocycles. The third-order valence-electron chi connectivity index (χ3n) is 3.24. The minimum atomic E-state index is -0.471. The molecule has 6 heteroatoms. The van der Waals surface area contributed by atoms with Crippen molar-refractivity contribution in [3.63, 3.8) is 0 Å². The van der Waals surface area contributed by atoms with Crippen LogP contribution >= 0.6 is 0 Å². The van der Waals surface area contributed by atoms with E-state index >= 15 is 0 Å². The largest absolute Gasteiger partial charge is 0.352 e. The molecule has 110 valence electrons. The summed E-state index contributed by atoms with van der Waals surface area (Å²) in [6.45, 7) is 5.40. The van der Waals surface area contributed by atoms with Crippen LogP contribution < -0.4 is 16.0 Å². The lowest BCUT2D eigenvalue weighted by atomic mass is 10.0. The first-order valence-electron chi connectivity index (χ1n) is 7.04. The normalized spacial score (nSPS) is 19.8. The van der Waals surface area contributed by atoms with Crippen molar-refractivity contribution in [1.29, 1.82) is 0 Å². The topological polar surface area (TPSA) is 84.1 Å². The van der Waals surface area contributed by atoms with Gasteiger partial charge in [0.25, 0.3) is 0 Å². The van der Waals surface area contributed by atoms with Gasteiger partial charge in [0.2, 0.25) is 11.9 Å². The summed E-state index contributed by atoms with van der Waals surface area (Å²) in [4.78, 5) is 22.6. The smallest absolute Gasteiger partial charge is 0.225 e. The van der Waals surface area contributed by atoms with Crippen LogP contribution in [0.15, 0.2) is 18.5 Å². The van der Waals surface area contributed by atoms with Gasteiger partial charge < -0.3 is 16.0 Å². The molecule has 0 aromatic carbocycles. The number of carbonyl (C=O) groups is 1. The van der Waals surface area contributed by atoms with Gasteiger partial charge in [-0.25, -0.2) is 9.97 Å². The Labute approximate surface area is 119 Å². The maximum absolute atomic E-state index is 11.9. The molecule has 1 atom stereocenters. The van der Waals surface area contributed by atoms with Crippen molar-refractivity contribution in [3.8, 4) is 0 Å². The van der Waals surface area contributed by atoms with Gasteiger partial charge in [-0.15, -0.1) is 0 Å². The van der Waals surface area contributed by atoms with Gasteiger partial charge in [0.05, 0.1) is 0 Å². The maximum atomic E-state index is 11.9. The number of hydrogen-bond acceptors (Lipinski definition) is 5. The van der Waals surface area contributed by atoms with E-state index in [1.807, 2.05) is 13.8 Å². The first kappa shape index (κ1) is 14.7. The van der Waals surface area contributed by atoms with E-state index in [1.54, 1.807) is 18.5 Å². The Morgan fingerprint density at radius 3 is 2.85 bits per heavy atom. The molecule has 1 aliphatic rings. The molecule has 0 radical (unpaired) electrons. The molecule has 2 heterocycles. The van der Waals surface area contributed by atoms with Crippen molar-refractivity contribution in [3.05, 3.63) is 18.5 Å². The molecule has 2 rings (SSSR count). The number of aromatic nitrogens is 2. The summed E-state index contributed by atoms with van der Waals surface area (Å²) in [7, 11) is 0. The van der Waals surface area contributed by atoms with E-state index in [1.165, 1.54) is 0 Å². The third-order valence-corrected chi connectivity index (χ3v) is 3.24. The molecule has 6 nitrogen and oxygen atoms in total. The van der Waals surface area contributed by atoms with E-state index in [9.17, 15) is 4.79 Å². The van der Waals surface area contributed by atoms with Crippen molar-refractivity contribution in [2.75, 3.05) is 18.0 Å². The van der Waals surface area contributed by atoms with E-state index in [4.69, 9.17) is 5.73 Å². The van der Waals surface area contributed by atoms with Gasteiger partial charge in [-0.2, -0.15) is 0 Å². The van der Waals surface area contributed by atoms with Gasteiger partial charge in [-0.3, -0.25) is 4.79 Å². The Kier molecular flexibility index (Phi) is 4.54. The maximum Gasteiger partial charge on any atom is 0.225 e. The standard InChI is InChI=1S/C14H23N5O/c1-14(2,15)9-12(20)18-11-5-3-8-19(10-11)13-16-6-4-7-17-13/h4,6-7,11H,3,5,8-10,15H2,1-2H3,(H,18,20). The van der Waals surface area contributed by atoms with E-state index in [2.05, 4.69) is 20.2 Å². The molecular formula is C14H23N5O. The Morgan fingerprint density at radius 2 is 2.20 bits per heavy atom. The van der Waals surface area contributed by atoms with Crippen LogP contribution in [0.2, 0.25) is 0 Å². The van der Waals surface area contributed by atoms with E-state index in [0.29, 0.717) is 6.42 Å². The number of nitrogens with zero attached hydrogens (tertiary/aromatic N) is 3. The van der Waals surface area contributed by atoms with Crippen LogP contribution in [0, 0.1) is 0 Å². The number of hydrogen-bond donors (Lipinski definition) is 2. The Hall–Kier alpha value is -1.69. The Morgan fingerprint density at radius 1 is 1.50 bits per heavy atom. The zero-order valence-corrected chi connectivity index (χ0v) is 12.2. The minimum Gasteiger partial charge on any atom is -0.352 e. The molecule has 1 amide bonds. The highest BCUT2D eigenvalue weighted by Gasteiger charge is 2.24. The molecule has 1 fully saturated rings. The second kappa shape index (κ2) is 6.17. The lowest BCUT2D eigenvalue weighted by molar-refractivity contribution is -0.122. The van der Waals surface area contributed by atoms with Gasteiger partial charge in [-0.1, -0.05) is 0 Å². The summed E-state index contributed by atoms with van der Waals surface area (Å²) in [5, 5.41) is 3.06. The summed E-state index contributed by atoms with van der Waals surface area (Å²) < 4.78 is 0. The first-order chi connectivity index (χ1) is 9.44. The molecule has 3 N–H and O–H groups in total. The monoisotopic (exact) mass is 277 g/mol. The van der Waals surface area contributed by atoms with Gasteiger partial charge in [0, 0.05) is 43.5 Å². The minimum absolute atomic E-state index is 0.0123. The number of amides is 1. The molecule has 1 aromatic heterocycles. The van der Waals surface area contributed by atoms with Crippen molar-refractivity contribution in [2.45, 2.75) is 44.7 Å². The summed E-state index contributed by atoms with van der Waals surface area (Å²) in [6.07, 6.45) is 5.82. The fourth-order valence-electron chi connectivity index (χ4n) is 2.42. The zero-order chi connectivity index (χ0) is 14.6. The molecule has 1 aliphatic heterocycles. The third kappa shape index (κ3) is 4.45. The molecule has 0 spiro atoms. The quantitative estimate of drug-likeness (QED) is 0.846. The summed E-state index contributed by atoms with van der Waals surface area (Å²) in [5.74, 6) is 0.740. The second-order valence-corrected chi connectivity index (χ2v) is 6.07. The molecule has 1 aromatic rings. The predicted octanol–water partition coefficient (Wildman–Crippen LogP) is 0.689. The average Bonchev–Trinajstić information content (AvgIpc) is 2.38. The Bertz CT molecular complexity index is 443. The van der Waals surface area contributed by atoms with Crippen LogP contribution in [0.5, 0.6) is 0 Å². The van der Waals surface area contributed by atoms with E-state index in [0.717, 1.165) is 31.9 Å². The second-order valence-electron chi connectivity index (χ2n) is 6.07. The van der Waals surface area contributed by atoms with Crippen molar-refractivity contribution >= 4 is 11.9 Å². The highest BCUT2D eigenvalue weighted by molar-refractivity contribution is 5.77. The van der Waals surface area contributed by atoms with Crippen LogP contribution in [-0.2, 0) is 4.79 Å². The van der Waals surface area contributed by atoms with Gasteiger partial charge >= 0.3 is 0 Å². The van der Waals surface area contributed by atoms with Crippen LogP contribution in [0.25, 0.3) is 0 Å². The highest BCUT2D eigenvalue weighted by Crippen LogP contribution is 2.15. The average molecular weight is 277 g/mol. The van der Waals surface area contributed by atoms with Crippen molar-refractivity contribution < 1.29 is 4.79 Å². The summed E-state index contributed by atoms with van der Waals surface area (Å²) in [5.41, 5.74) is 5.40. The van der Waals surface area contributed by atoms with Crippen LogP contribution in [0.4, 0.5) is 5.95 Å². The molecule has 0 bridgehead atoms. The Balaban J connectivity index is 1.89. The van der Waals surface area contributed by atoms with Gasteiger partial charge in [-0.05, 0) is 32.8 Å². The number of rotatable bonds is 4. The van der Waals surface area contributed by atoms with Crippen molar-refractivity contribution in [1.82, 2.24) is 15.3 Å². The first-order valence-corrected chi connectivity index (χ1v) is 7.04. The lowest BCUT2D eigenvalue weighted by Crippen LogP contribution is -2.50. The highest BCUT2D eigenvalue weighted by atomic mass is 16.1.